The SMILES string of the molecule is COc1ccc([N+](=O)[O-])c(C(=O)NCCCNC(=O)c2cccc(Br)c2)c1. The standard InChI is InChI=1S/C18H18BrN3O5/c1-27-14-6-7-16(22(25)26)15(11-14)18(24)21-9-3-8-20-17(23)12-4-2-5-13(19)10-12/h2,4-7,10-11H,3,8-9H2,1H3,(H,20,23)(H,21,24). The minimum atomic E-state index is -0.618. The van der Waals surface area contributed by atoms with Crippen molar-refractivity contribution in [2.75, 3.05) is 20.2 Å². The van der Waals surface area contributed by atoms with E-state index in [1.54, 1.807) is 18.2 Å². The summed E-state index contributed by atoms with van der Waals surface area (Å²) in [7, 11) is 1.41. The number of rotatable bonds is 8. The molecule has 0 bridgehead atoms. The van der Waals surface area contributed by atoms with E-state index >= 15 is 0 Å². The molecule has 0 fully saturated rings. The molecule has 0 spiro atoms. The Hall–Kier alpha value is -2.94. The summed E-state index contributed by atoms with van der Waals surface area (Å²) in [5.74, 6) is -0.433. The van der Waals surface area contributed by atoms with Gasteiger partial charge in [0.2, 0.25) is 0 Å². The molecule has 2 aromatic carbocycles. The van der Waals surface area contributed by atoms with Crippen molar-refractivity contribution in [3.05, 3.63) is 68.2 Å². The van der Waals surface area contributed by atoms with E-state index in [1.165, 1.54) is 25.3 Å². The minimum Gasteiger partial charge on any atom is -0.497 e. The second kappa shape index (κ2) is 9.67. The number of nitro benzene ring substituents is 1. The number of amides is 2. The van der Waals surface area contributed by atoms with Gasteiger partial charge >= 0.3 is 0 Å². The van der Waals surface area contributed by atoms with Gasteiger partial charge in [0.15, 0.2) is 0 Å². The van der Waals surface area contributed by atoms with Crippen molar-refractivity contribution in [2.24, 2.45) is 0 Å². The van der Waals surface area contributed by atoms with E-state index in [0.717, 1.165) is 4.47 Å². The van der Waals surface area contributed by atoms with Crippen LogP contribution in [0.25, 0.3) is 0 Å². The Bertz CT molecular complexity index is 857. The van der Waals surface area contributed by atoms with Gasteiger partial charge in [-0.1, -0.05) is 22.0 Å². The fourth-order valence-electron chi connectivity index (χ4n) is 2.30. The third kappa shape index (κ3) is 5.78. The Labute approximate surface area is 164 Å². The van der Waals surface area contributed by atoms with Gasteiger partial charge in [-0.3, -0.25) is 19.7 Å². The van der Waals surface area contributed by atoms with E-state index in [1.807, 2.05) is 6.07 Å². The first-order chi connectivity index (χ1) is 12.9. The second-order valence-electron chi connectivity index (χ2n) is 5.52. The number of carbonyl (C=O) groups excluding carboxylic acids is 2. The van der Waals surface area contributed by atoms with Crippen molar-refractivity contribution in [2.45, 2.75) is 6.42 Å². The molecular weight excluding hydrogens is 418 g/mol. The first kappa shape index (κ1) is 20.4. The molecule has 0 unspecified atom stereocenters. The van der Waals surface area contributed by atoms with Crippen LogP contribution in [-0.2, 0) is 0 Å². The summed E-state index contributed by atoms with van der Waals surface area (Å²) in [5, 5.41) is 16.4. The molecule has 0 aliphatic carbocycles. The van der Waals surface area contributed by atoms with Crippen LogP contribution in [0.2, 0.25) is 0 Å². The third-order valence-corrected chi connectivity index (χ3v) is 4.15. The van der Waals surface area contributed by atoms with E-state index < -0.39 is 10.8 Å². The smallest absolute Gasteiger partial charge is 0.282 e. The topological polar surface area (TPSA) is 111 Å². The summed E-state index contributed by atoms with van der Waals surface area (Å²) in [6.45, 7) is 0.609. The molecule has 2 rings (SSSR count). The molecule has 2 N–H and O–H groups in total. The van der Waals surface area contributed by atoms with Crippen molar-refractivity contribution in [3.63, 3.8) is 0 Å². The Morgan fingerprint density at radius 1 is 1.11 bits per heavy atom. The zero-order chi connectivity index (χ0) is 19.8. The Morgan fingerprint density at radius 3 is 2.44 bits per heavy atom. The molecule has 27 heavy (non-hydrogen) atoms. The van der Waals surface area contributed by atoms with E-state index in [4.69, 9.17) is 4.74 Å². The third-order valence-electron chi connectivity index (χ3n) is 3.66. The van der Waals surface area contributed by atoms with Crippen LogP contribution in [0.4, 0.5) is 5.69 Å². The van der Waals surface area contributed by atoms with Crippen molar-refractivity contribution in [1.82, 2.24) is 10.6 Å². The molecule has 0 atom stereocenters. The number of hydrogen-bond acceptors (Lipinski definition) is 5. The van der Waals surface area contributed by atoms with E-state index in [9.17, 15) is 19.7 Å². The fraction of sp³-hybridized carbons (Fsp3) is 0.222. The molecule has 0 aromatic heterocycles. The lowest BCUT2D eigenvalue weighted by atomic mass is 10.1. The number of nitrogens with one attached hydrogen (secondary N) is 2. The first-order valence-electron chi connectivity index (χ1n) is 8.06. The summed E-state index contributed by atoms with van der Waals surface area (Å²) in [6, 6.07) is 11.0. The molecule has 0 radical (unpaired) electrons. The maximum absolute atomic E-state index is 12.2. The average Bonchev–Trinajstić information content (AvgIpc) is 2.66. The van der Waals surface area contributed by atoms with Gasteiger partial charge in [0.25, 0.3) is 17.5 Å². The van der Waals surface area contributed by atoms with Gasteiger partial charge in [0, 0.05) is 29.2 Å². The minimum absolute atomic E-state index is 0.0717. The molecule has 8 nitrogen and oxygen atoms in total. The molecule has 2 amide bonds. The number of halogens is 1. The molecule has 0 heterocycles. The number of benzene rings is 2. The molecule has 0 saturated carbocycles. The Kier molecular flexibility index (Phi) is 7.30. The van der Waals surface area contributed by atoms with Gasteiger partial charge in [-0.2, -0.15) is 0 Å². The van der Waals surface area contributed by atoms with Crippen LogP contribution < -0.4 is 15.4 Å². The van der Waals surface area contributed by atoms with Gasteiger partial charge in [-0.25, -0.2) is 0 Å². The lowest BCUT2D eigenvalue weighted by Gasteiger charge is -2.08. The number of ether oxygens (including phenoxy) is 1. The maximum Gasteiger partial charge on any atom is 0.282 e. The summed E-state index contributed by atoms with van der Waals surface area (Å²) in [5.41, 5.74) is 0.161. The van der Waals surface area contributed by atoms with Crippen LogP contribution in [0.3, 0.4) is 0 Å². The number of carbonyl (C=O) groups is 2. The molecular formula is C18H18BrN3O5. The predicted octanol–water partition coefficient (Wildman–Crippen LogP) is 2.92. The number of nitro groups is 1. The number of nitrogens with zero attached hydrogens (tertiary/aromatic N) is 1. The van der Waals surface area contributed by atoms with Gasteiger partial charge < -0.3 is 15.4 Å². The van der Waals surface area contributed by atoms with Crippen molar-refractivity contribution in [3.8, 4) is 5.75 Å². The highest BCUT2D eigenvalue weighted by Gasteiger charge is 2.20. The highest BCUT2D eigenvalue weighted by Crippen LogP contribution is 2.23. The van der Waals surface area contributed by atoms with Crippen LogP contribution >= 0.6 is 15.9 Å². The van der Waals surface area contributed by atoms with Gasteiger partial charge in [0.05, 0.1) is 12.0 Å². The highest BCUT2D eigenvalue weighted by atomic mass is 79.9. The molecule has 0 saturated heterocycles. The summed E-state index contributed by atoms with van der Waals surface area (Å²) >= 11 is 3.30. The lowest BCUT2D eigenvalue weighted by Crippen LogP contribution is -2.30. The van der Waals surface area contributed by atoms with Crippen LogP contribution in [-0.4, -0.2) is 36.9 Å². The largest absolute Gasteiger partial charge is 0.497 e. The van der Waals surface area contributed by atoms with Crippen LogP contribution in [0, 0.1) is 10.1 Å². The predicted molar refractivity (Wildman–Crippen MR) is 103 cm³/mol. The second-order valence-corrected chi connectivity index (χ2v) is 6.43. The fourth-order valence-corrected chi connectivity index (χ4v) is 2.70. The Balaban J connectivity index is 1.84. The monoisotopic (exact) mass is 435 g/mol. The van der Waals surface area contributed by atoms with Crippen molar-refractivity contribution >= 4 is 33.4 Å². The van der Waals surface area contributed by atoms with Crippen molar-refractivity contribution < 1.29 is 19.2 Å². The number of methoxy groups -OCH3 is 1. The lowest BCUT2D eigenvalue weighted by molar-refractivity contribution is -0.385. The summed E-state index contributed by atoms with van der Waals surface area (Å²) < 4.78 is 5.81. The van der Waals surface area contributed by atoms with Gasteiger partial charge in [0.1, 0.15) is 11.3 Å². The first-order valence-corrected chi connectivity index (χ1v) is 8.86. The molecule has 0 aliphatic rings. The van der Waals surface area contributed by atoms with E-state index in [2.05, 4.69) is 26.6 Å². The molecule has 0 aliphatic heterocycles. The van der Waals surface area contributed by atoms with Crippen LogP contribution in [0.1, 0.15) is 27.1 Å². The highest BCUT2D eigenvalue weighted by molar-refractivity contribution is 9.10. The molecule has 2 aromatic rings. The maximum atomic E-state index is 12.2. The number of hydrogen-bond donors (Lipinski definition) is 2. The van der Waals surface area contributed by atoms with Crippen LogP contribution in [0.5, 0.6) is 5.75 Å². The van der Waals surface area contributed by atoms with Gasteiger partial charge in [-0.05, 0) is 36.8 Å². The quantitative estimate of drug-likeness (QED) is 0.376. The summed E-state index contributed by atoms with van der Waals surface area (Å²) in [4.78, 5) is 34.7. The van der Waals surface area contributed by atoms with Crippen LogP contribution in [0.15, 0.2) is 46.9 Å². The molecule has 9 heteroatoms. The molecule has 142 valence electrons. The van der Waals surface area contributed by atoms with Gasteiger partial charge in [-0.15, -0.1) is 0 Å². The Morgan fingerprint density at radius 2 is 1.81 bits per heavy atom. The van der Waals surface area contributed by atoms with E-state index in [-0.39, 0.29) is 23.7 Å². The zero-order valence-electron chi connectivity index (χ0n) is 14.5. The zero-order valence-corrected chi connectivity index (χ0v) is 16.1. The normalized spacial score (nSPS) is 10.1. The van der Waals surface area contributed by atoms with E-state index in [0.29, 0.717) is 24.3 Å². The summed E-state index contributed by atoms with van der Waals surface area (Å²) in [6.07, 6.45) is 0.475. The average molecular weight is 436 g/mol. The van der Waals surface area contributed by atoms with Crippen molar-refractivity contribution in [1.29, 1.82) is 0 Å².